The summed E-state index contributed by atoms with van der Waals surface area (Å²) in [5.41, 5.74) is 7.61. The highest BCUT2D eigenvalue weighted by Crippen LogP contribution is 2.21. The molecule has 2 heterocycles. The predicted octanol–water partition coefficient (Wildman–Crippen LogP) is 1.53. The molecule has 0 unspecified atom stereocenters. The third kappa shape index (κ3) is 2.19. The van der Waals surface area contributed by atoms with Crippen LogP contribution < -0.4 is 5.73 Å². The van der Waals surface area contributed by atoms with E-state index >= 15 is 0 Å². The summed E-state index contributed by atoms with van der Waals surface area (Å²) < 4.78 is 2.09. The lowest BCUT2D eigenvalue weighted by atomic mass is 10.2. The standard InChI is InChI=1S/C12H14ClN5/c13-10-2-1-9(5-11(10)14)6-17-3-4-18-8-15-16-12(18)7-17/h1-2,5,8H,3-4,6-7,14H2. The molecule has 0 spiro atoms. The van der Waals surface area contributed by atoms with Gasteiger partial charge in [-0.05, 0) is 17.7 Å². The van der Waals surface area contributed by atoms with E-state index in [1.807, 2.05) is 18.2 Å². The number of nitrogens with two attached hydrogens (primary N) is 1. The Kier molecular flexibility index (Phi) is 2.93. The lowest BCUT2D eigenvalue weighted by Gasteiger charge is -2.26. The summed E-state index contributed by atoms with van der Waals surface area (Å²) in [6.45, 7) is 3.61. The Balaban J connectivity index is 1.72. The van der Waals surface area contributed by atoms with E-state index in [2.05, 4.69) is 19.7 Å². The molecule has 94 valence electrons. The summed E-state index contributed by atoms with van der Waals surface area (Å²) >= 11 is 5.92. The molecule has 18 heavy (non-hydrogen) atoms. The molecule has 2 N–H and O–H groups in total. The van der Waals surface area contributed by atoms with E-state index in [0.29, 0.717) is 10.7 Å². The zero-order valence-corrected chi connectivity index (χ0v) is 10.6. The number of benzene rings is 1. The number of rotatable bonds is 2. The fraction of sp³-hybridized carbons (Fsp3) is 0.333. The summed E-state index contributed by atoms with van der Waals surface area (Å²) in [6, 6.07) is 5.79. The molecule has 1 aliphatic heterocycles. The maximum Gasteiger partial charge on any atom is 0.147 e. The van der Waals surface area contributed by atoms with E-state index in [1.165, 1.54) is 5.56 Å². The zero-order valence-electron chi connectivity index (χ0n) is 9.88. The molecule has 6 heteroatoms. The van der Waals surface area contributed by atoms with Gasteiger partial charge in [-0.2, -0.15) is 0 Å². The molecule has 0 fully saturated rings. The fourth-order valence-electron chi connectivity index (χ4n) is 2.20. The number of aromatic nitrogens is 3. The molecule has 0 radical (unpaired) electrons. The highest BCUT2D eigenvalue weighted by Gasteiger charge is 2.17. The number of nitrogen functional groups attached to an aromatic ring is 1. The number of halogens is 1. The lowest BCUT2D eigenvalue weighted by Crippen LogP contribution is -2.33. The maximum absolute atomic E-state index is 5.92. The smallest absolute Gasteiger partial charge is 0.147 e. The van der Waals surface area contributed by atoms with Crippen LogP contribution in [0.25, 0.3) is 0 Å². The normalized spacial score (nSPS) is 15.6. The van der Waals surface area contributed by atoms with E-state index in [1.54, 1.807) is 6.33 Å². The predicted molar refractivity (Wildman–Crippen MR) is 70.0 cm³/mol. The van der Waals surface area contributed by atoms with Crippen molar-refractivity contribution in [2.75, 3.05) is 12.3 Å². The number of nitrogens with zero attached hydrogens (tertiary/aromatic N) is 4. The van der Waals surface area contributed by atoms with Gasteiger partial charge in [-0.15, -0.1) is 10.2 Å². The largest absolute Gasteiger partial charge is 0.398 e. The summed E-state index contributed by atoms with van der Waals surface area (Å²) in [6.07, 6.45) is 1.78. The highest BCUT2D eigenvalue weighted by atomic mass is 35.5. The Morgan fingerprint density at radius 2 is 2.22 bits per heavy atom. The topological polar surface area (TPSA) is 60.0 Å². The van der Waals surface area contributed by atoms with Crippen molar-refractivity contribution in [2.45, 2.75) is 19.6 Å². The summed E-state index contributed by atoms with van der Waals surface area (Å²) in [5, 5.41) is 8.63. The first-order valence-electron chi connectivity index (χ1n) is 5.85. The Morgan fingerprint density at radius 3 is 3.06 bits per heavy atom. The average Bonchev–Trinajstić information content (AvgIpc) is 2.81. The summed E-state index contributed by atoms with van der Waals surface area (Å²) in [5.74, 6) is 1.02. The monoisotopic (exact) mass is 263 g/mol. The van der Waals surface area contributed by atoms with Gasteiger partial charge >= 0.3 is 0 Å². The minimum Gasteiger partial charge on any atom is -0.398 e. The molecule has 2 aromatic rings. The summed E-state index contributed by atoms with van der Waals surface area (Å²) in [4.78, 5) is 2.33. The Hall–Kier alpha value is -1.59. The van der Waals surface area contributed by atoms with Crippen LogP contribution in [0.15, 0.2) is 24.5 Å². The van der Waals surface area contributed by atoms with E-state index in [9.17, 15) is 0 Å². The molecule has 0 aliphatic carbocycles. The van der Waals surface area contributed by atoms with Crippen molar-refractivity contribution in [3.63, 3.8) is 0 Å². The van der Waals surface area contributed by atoms with Crippen LogP contribution in [0.5, 0.6) is 0 Å². The quantitative estimate of drug-likeness (QED) is 0.835. The van der Waals surface area contributed by atoms with Crippen molar-refractivity contribution < 1.29 is 0 Å². The van der Waals surface area contributed by atoms with Gasteiger partial charge in [0.15, 0.2) is 0 Å². The second-order valence-electron chi connectivity index (χ2n) is 4.51. The average molecular weight is 264 g/mol. The first kappa shape index (κ1) is 11.5. The second kappa shape index (κ2) is 4.59. The first-order valence-corrected chi connectivity index (χ1v) is 6.23. The molecule has 1 aliphatic rings. The van der Waals surface area contributed by atoms with Crippen molar-refractivity contribution in [1.29, 1.82) is 0 Å². The van der Waals surface area contributed by atoms with Gasteiger partial charge in [0.25, 0.3) is 0 Å². The van der Waals surface area contributed by atoms with Gasteiger partial charge in [0, 0.05) is 19.6 Å². The summed E-state index contributed by atoms with van der Waals surface area (Å²) in [7, 11) is 0. The van der Waals surface area contributed by atoms with Crippen LogP contribution in [-0.2, 0) is 19.6 Å². The number of hydrogen-bond acceptors (Lipinski definition) is 4. The number of hydrogen-bond donors (Lipinski definition) is 1. The van der Waals surface area contributed by atoms with Gasteiger partial charge in [0.05, 0.1) is 17.3 Å². The maximum atomic E-state index is 5.92. The highest BCUT2D eigenvalue weighted by molar-refractivity contribution is 6.33. The minimum absolute atomic E-state index is 0.608. The van der Waals surface area contributed by atoms with Crippen molar-refractivity contribution in [3.05, 3.63) is 40.9 Å². The van der Waals surface area contributed by atoms with E-state index in [4.69, 9.17) is 17.3 Å². The van der Waals surface area contributed by atoms with Gasteiger partial charge in [-0.1, -0.05) is 17.7 Å². The van der Waals surface area contributed by atoms with Crippen LogP contribution in [0.1, 0.15) is 11.4 Å². The molecule has 0 saturated carbocycles. The minimum atomic E-state index is 0.608. The molecule has 0 amide bonds. The van der Waals surface area contributed by atoms with Gasteiger partial charge in [0.1, 0.15) is 12.2 Å². The molecule has 1 aromatic carbocycles. The van der Waals surface area contributed by atoms with Crippen LogP contribution in [0, 0.1) is 0 Å². The molecular formula is C12H14ClN5. The third-order valence-corrected chi connectivity index (χ3v) is 3.53. The number of fused-ring (bicyclic) bond motifs is 1. The van der Waals surface area contributed by atoms with E-state index in [0.717, 1.165) is 32.0 Å². The Bertz CT molecular complexity index is 565. The van der Waals surface area contributed by atoms with Crippen LogP contribution in [0.4, 0.5) is 5.69 Å². The van der Waals surface area contributed by atoms with E-state index < -0.39 is 0 Å². The van der Waals surface area contributed by atoms with Crippen LogP contribution in [0.2, 0.25) is 5.02 Å². The van der Waals surface area contributed by atoms with Gasteiger partial charge in [-0.3, -0.25) is 4.90 Å². The molecule has 0 atom stereocenters. The molecule has 0 bridgehead atoms. The Morgan fingerprint density at radius 1 is 1.33 bits per heavy atom. The van der Waals surface area contributed by atoms with Crippen LogP contribution in [-0.4, -0.2) is 26.2 Å². The van der Waals surface area contributed by atoms with Crippen LogP contribution in [0.3, 0.4) is 0 Å². The van der Waals surface area contributed by atoms with Crippen LogP contribution >= 0.6 is 11.6 Å². The first-order chi connectivity index (χ1) is 8.72. The molecule has 5 nitrogen and oxygen atoms in total. The molecule has 3 rings (SSSR count). The fourth-order valence-corrected chi connectivity index (χ4v) is 2.32. The molecular weight excluding hydrogens is 250 g/mol. The van der Waals surface area contributed by atoms with Crippen molar-refractivity contribution in [1.82, 2.24) is 19.7 Å². The third-order valence-electron chi connectivity index (χ3n) is 3.18. The van der Waals surface area contributed by atoms with Crippen molar-refractivity contribution >= 4 is 17.3 Å². The molecule has 0 saturated heterocycles. The zero-order chi connectivity index (χ0) is 12.5. The lowest BCUT2D eigenvalue weighted by molar-refractivity contribution is 0.209. The van der Waals surface area contributed by atoms with Crippen molar-refractivity contribution in [2.24, 2.45) is 0 Å². The second-order valence-corrected chi connectivity index (χ2v) is 4.91. The SMILES string of the molecule is Nc1cc(CN2CCn3cnnc3C2)ccc1Cl. The van der Waals surface area contributed by atoms with Gasteiger partial charge < -0.3 is 10.3 Å². The number of anilines is 1. The van der Waals surface area contributed by atoms with E-state index in [-0.39, 0.29) is 0 Å². The van der Waals surface area contributed by atoms with Crippen molar-refractivity contribution in [3.8, 4) is 0 Å². The molecule has 1 aromatic heterocycles. The van der Waals surface area contributed by atoms with Gasteiger partial charge in [-0.25, -0.2) is 0 Å². The van der Waals surface area contributed by atoms with Gasteiger partial charge in [0.2, 0.25) is 0 Å². The Labute approximate surface area is 110 Å².